The van der Waals surface area contributed by atoms with Gasteiger partial charge in [0.2, 0.25) is 0 Å². The number of hydrogen-bond donors (Lipinski definition) is 0. The van der Waals surface area contributed by atoms with Crippen LogP contribution in [0.4, 0.5) is 8.78 Å². The van der Waals surface area contributed by atoms with Crippen molar-refractivity contribution in [3.63, 3.8) is 0 Å². The molecule has 0 N–H and O–H groups in total. The van der Waals surface area contributed by atoms with Crippen molar-refractivity contribution in [3.8, 4) is 23.4 Å². The molecule has 0 aliphatic carbocycles. The first-order valence-corrected chi connectivity index (χ1v) is 6.66. The SMILES string of the molecule is Cc1ccc(Oc2ncc(F)cn2)c(Oc2ccc(F)cc2)n1. The Kier molecular flexibility index (Phi) is 4.09. The summed E-state index contributed by atoms with van der Waals surface area (Å²) in [5.41, 5.74) is 0.703. The standard InChI is InChI=1S/C16H11F2N3O2/c1-10-2-7-14(23-16-19-8-12(18)9-20-16)15(21-10)22-13-5-3-11(17)4-6-13/h2-9H,1H3. The van der Waals surface area contributed by atoms with Crippen LogP contribution < -0.4 is 9.47 Å². The van der Waals surface area contributed by atoms with Gasteiger partial charge in [0.1, 0.15) is 11.6 Å². The molecule has 2 heterocycles. The summed E-state index contributed by atoms with van der Waals surface area (Å²) in [5, 5.41) is 0. The quantitative estimate of drug-likeness (QED) is 0.727. The molecule has 0 saturated carbocycles. The van der Waals surface area contributed by atoms with Crippen molar-refractivity contribution in [1.82, 2.24) is 15.0 Å². The Bertz CT molecular complexity index is 809. The van der Waals surface area contributed by atoms with Crippen molar-refractivity contribution in [2.75, 3.05) is 0 Å². The first kappa shape index (κ1) is 14.8. The first-order chi connectivity index (χ1) is 11.1. The maximum atomic E-state index is 12.9. The predicted molar refractivity (Wildman–Crippen MR) is 77.5 cm³/mol. The van der Waals surface area contributed by atoms with Gasteiger partial charge in [-0.2, -0.15) is 0 Å². The molecule has 7 heteroatoms. The van der Waals surface area contributed by atoms with Crippen LogP contribution in [0.3, 0.4) is 0 Å². The van der Waals surface area contributed by atoms with Crippen molar-refractivity contribution in [2.45, 2.75) is 6.92 Å². The number of pyridine rings is 1. The van der Waals surface area contributed by atoms with E-state index in [0.29, 0.717) is 11.4 Å². The third kappa shape index (κ3) is 3.76. The summed E-state index contributed by atoms with van der Waals surface area (Å²) >= 11 is 0. The van der Waals surface area contributed by atoms with Crippen molar-refractivity contribution >= 4 is 0 Å². The van der Waals surface area contributed by atoms with Crippen molar-refractivity contribution in [3.05, 3.63) is 66.1 Å². The van der Waals surface area contributed by atoms with Crippen LogP contribution in [0.5, 0.6) is 23.4 Å². The Labute approximate surface area is 130 Å². The molecule has 116 valence electrons. The third-order valence-corrected chi connectivity index (χ3v) is 2.79. The number of halogens is 2. The Morgan fingerprint density at radius 2 is 1.52 bits per heavy atom. The summed E-state index contributed by atoms with van der Waals surface area (Å²) in [5.74, 6) is -0.113. The maximum absolute atomic E-state index is 12.9. The van der Waals surface area contributed by atoms with Gasteiger partial charge in [-0.1, -0.05) is 0 Å². The fraction of sp³-hybridized carbons (Fsp3) is 0.0625. The molecule has 3 aromatic rings. The van der Waals surface area contributed by atoms with Crippen LogP contribution in [0.2, 0.25) is 0 Å². The van der Waals surface area contributed by atoms with Gasteiger partial charge in [0.25, 0.3) is 5.88 Å². The summed E-state index contributed by atoms with van der Waals surface area (Å²) in [7, 11) is 0. The lowest BCUT2D eigenvalue weighted by molar-refractivity contribution is 0.384. The number of ether oxygens (including phenoxy) is 2. The molecule has 0 fully saturated rings. The van der Waals surface area contributed by atoms with Crippen LogP contribution in [0.15, 0.2) is 48.8 Å². The van der Waals surface area contributed by atoms with Crippen molar-refractivity contribution < 1.29 is 18.3 Å². The summed E-state index contributed by atoms with van der Waals surface area (Å²) in [6.07, 6.45) is 1.98. The molecule has 0 aliphatic heterocycles. The topological polar surface area (TPSA) is 57.1 Å². The summed E-state index contributed by atoms with van der Waals surface area (Å²) in [4.78, 5) is 11.7. The second-order valence-electron chi connectivity index (χ2n) is 4.60. The molecule has 0 amide bonds. The van der Waals surface area contributed by atoms with Gasteiger partial charge >= 0.3 is 6.01 Å². The van der Waals surface area contributed by atoms with E-state index in [9.17, 15) is 8.78 Å². The molecule has 3 rings (SSSR count). The van der Waals surface area contributed by atoms with Crippen molar-refractivity contribution in [1.29, 1.82) is 0 Å². The molecule has 23 heavy (non-hydrogen) atoms. The Morgan fingerprint density at radius 3 is 2.22 bits per heavy atom. The molecular weight excluding hydrogens is 304 g/mol. The minimum atomic E-state index is -0.567. The predicted octanol–water partition coefficient (Wildman–Crippen LogP) is 4.04. The van der Waals surface area contributed by atoms with Crippen molar-refractivity contribution in [2.24, 2.45) is 0 Å². The smallest absolute Gasteiger partial charge is 0.322 e. The van der Waals surface area contributed by atoms with Crippen LogP contribution in [0.25, 0.3) is 0 Å². The Morgan fingerprint density at radius 1 is 0.826 bits per heavy atom. The molecular formula is C16H11F2N3O2. The van der Waals surface area contributed by atoms with E-state index in [4.69, 9.17) is 9.47 Å². The molecule has 0 spiro atoms. The molecule has 5 nitrogen and oxygen atoms in total. The van der Waals surface area contributed by atoms with Gasteiger partial charge in [0.05, 0.1) is 12.4 Å². The number of nitrogens with zero attached hydrogens (tertiary/aromatic N) is 3. The van der Waals surface area contributed by atoms with Crippen LogP contribution in [0, 0.1) is 18.6 Å². The van der Waals surface area contributed by atoms with Gasteiger partial charge in [-0.05, 0) is 43.3 Å². The highest BCUT2D eigenvalue weighted by Crippen LogP contribution is 2.32. The van der Waals surface area contributed by atoms with E-state index < -0.39 is 5.82 Å². The zero-order valence-electron chi connectivity index (χ0n) is 12.0. The van der Waals surface area contributed by atoms with Crippen LogP contribution in [0.1, 0.15) is 5.69 Å². The minimum Gasteiger partial charge on any atom is -0.436 e. The normalized spacial score (nSPS) is 10.4. The fourth-order valence-corrected chi connectivity index (χ4v) is 1.74. The van der Waals surface area contributed by atoms with Crippen LogP contribution >= 0.6 is 0 Å². The number of aromatic nitrogens is 3. The first-order valence-electron chi connectivity index (χ1n) is 6.66. The van der Waals surface area contributed by atoms with Crippen LogP contribution in [-0.2, 0) is 0 Å². The highest BCUT2D eigenvalue weighted by atomic mass is 19.1. The Hall–Kier alpha value is -3.09. The zero-order chi connectivity index (χ0) is 16.2. The number of benzene rings is 1. The van der Waals surface area contributed by atoms with Gasteiger partial charge in [-0.3, -0.25) is 0 Å². The highest BCUT2D eigenvalue weighted by molar-refractivity contribution is 5.39. The average molecular weight is 315 g/mol. The van der Waals surface area contributed by atoms with E-state index >= 15 is 0 Å². The maximum Gasteiger partial charge on any atom is 0.322 e. The number of aryl methyl sites for hydroxylation is 1. The monoisotopic (exact) mass is 315 g/mol. The van der Waals surface area contributed by atoms with Gasteiger partial charge in [-0.25, -0.2) is 23.7 Å². The molecule has 0 aliphatic rings. The lowest BCUT2D eigenvalue weighted by atomic mass is 10.3. The number of rotatable bonds is 4. The summed E-state index contributed by atoms with van der Waals surface area (Å²) in [6.45, 7) is 1.79. The van der Waals surface area contributed by atoms with E-state index in [2.05, 4.69) is 15.0 Å². The molecule has 0 atom stereocenters. The van der Waals surface area contributed by atoms with Gasteiger partial charge < -0.3 is 9.47 Å². The van der Waals surface area contributed by atoms with Crippen LogP contribution in [-0.4, -0.2) is 15.0 Å². The van der Waals surface area contributed by atoms with Gasteiger partial charge in [-0.15, -0.1) is 0 Å². The second kappa shape index (κ2) is 6.35. The van der Waals surface area contributed by atoms with E-state index in [1.54, 1.807) is 19.1 Å². The second-order valence-corrected chi connectivity index (χ2v) is 4.60. The minimum absolute atomic E-state index is 0.0407. The fourth-order valence-electron chi connectivity index (χ4n) is 1.74. The molecule has 0 radical (unpaired) electrons. The highest BCUT2D eigenvalue weighted by Gasteiger charge is 2.11. The zero-order valence-corrected chi connectivity index (χ0v) is 12.0. The molecule has 1 aromatic carbocycles. The molecule has 2 aromatic heterocycles. The summed E-state index contributed by atoms with van der Waals surface area (Å²) < 4.78 is 36.8. The largest absolute Gasteiger partial charge is 0.436 e. The Balaban J connectivity index is 1.88. The van der Waals surface area contributed by atoms with E-state index in [0.717, 1.165) is 12.4 Å². The third-order valence-electron chi connectivity index (χ3n) is 2.79. The van der Waals surface area contributed by atoms with E-state index in [-0.39, 0.29) is 23.5 Å². The van der Waals surface area contributed by atoms with Gasteiger partial charge in [0.15, 0.2) is 11.6 Å². The van der Waals surface area contributed by atoms with E-state index in [1.807, 2.05) is 0 Å². The van der Waals surface area contributed by atoms with E-state index in [1.165, 1.54) is 24.3 Å². The molecule has 0 unspecified atom stereocenters. The molecule has 0 saturated heterocycles. The van der Waals surface area contributed by atoms with Gasteiger partial charge in [0, 0.05) is 5.69 Å². The lowest BCUT2D eigenvalue weighted by Crippen LogP contribution is -1.97. The summed E-state index contributed by atoms with van der Waals surface area (Å²) in [6, 6.07) is 8.80. The lowest BCUT2D eigenvalue weighted by Gasteiger charge is -2.10. The average Bonchev–Trinajstić information content (AvgIpc) is 2.54. The number of hydrogen-bond acceptors (Lipinski definition) is 5. The molecule has 0 bridgehead atoms.